The van der Waals surface area contributed by atoms with Crippen LogP contribution in [0.1, 0.15) is 33.3 Å². The third-order valence-electron chi connectivity index (χ3n) is 3.53. The monoisotopic (exact) mass is 262 g/mol. The van der Waals surface area contributed by atoms with Crippen molar-refractivity contribution < 1.29 is 4.39 Å². The summed E-state index contributed by atoms with van der Waals surface area (Å²) >= 11 is 0. The van der Waals surface area contributed by atoms with Gasteiger partial charge >= 0.3 is 0 Å². The number of benzene rings is 1. The summed E-state index contributed by atoms with van der Waals surface area (Å²) in [6, 6.07) is 8.94. The molecule has 1 atom stereocenters. The zero-order chi connectivity index (χ0) is 14.5. The lowest BCUT2D eigenvalue weighted by Crippen LogP contribution is -2.36. The molecule has 104 valence electrons. The first-order valence-corrected chi connectivity index (χ1v) is 6.73. The first-order valence-electron chi connectivity index (χ1n) is 6.73. The maximum Gasteiger partial charge on any atom is 0.123 e. The van der Waals surface area contributed by atoms with E-state index in [0.717, 1.165) is 12.1 Å². The second-order valence-electron chi connectivity index (χ2n) is 6.00. The van der Waals surface area contributed by atoms with Crippen LogP contribution in [0.2, 0.25) is 0 Å². The SMILES string of the molecule is CC(C)C(C#N)CNCC(C)(C)c1ccc(F)cc1. The number of hydrogen-bond acceptors (Lipinski definition) is 2. The minimum atomic E-state index is -0.211. The average Bonchev–Trinajstić information content (AvgIpc) is 2.34. The van der Waals surface area contributed by atoms with E-state index in [4.69, 9.17) is 5.26 Å². The van der Waals surface area contributed by atoms with E-state index in [1.807, 2.05) is 12.1 Å². The molecule has 0 amide bonds. The van der Waals surface area contributed by atoms with E-state index in [0.29, 0.717) is 12.5 Å². The molecule has 0 radical (unpaired) electrons. The van der Waals surface area contributed by atoms with Gasteiger partial charge < -0.3 is 5.32 Å². The van der Waals surface area contributed by atoms with Crippen molar-refractivity contribution in [3.05, 3.63) is 35.6 Å². The van der Waals surface area contributed by atoms with Gasteiger partial charge in [-0.05, 0) is 23.6 Å². The molecule has 3 heteroatoms. The topological polar surface area (TPSA) is 35.8 Å². The van der Waals surface area contributed by atoms with Gasteiger partial charge in [0.2, 0.25) is 0 Å². The first kappa shape index (κ1) is 15.7. The highest BCUT2D eigenvalue weighted by molar-refractivity contribution is 5.24. The fourth-order valence-electron chi connectivity index (χ4n) is 1.97. The highest BCUT2D eigenvalue weighted by Crippen LogP contribution is 2.22. The van der Waals surface area contributed by atoms with Gasteiger partial charge in [-0.1, -0.05) is 39.8 Å². The molecule has 0 aromatic heterocycles. The van der Waals surface area contributed by atoms with Gasteiger partial charge in [-0.2, -0.15) is 5.26 Å². The summed E-state index contributed by atoms with van der Waals surface area (Å²) < 4.78 is 12.9. The van der Waals surface area contributed by atoms with Gasteiger partial charge in [0.05, 0.1) is 12.0 Å². The van der Waals surface area contributed by atoms with Crippen molar-refractivity contribution in [2.24, 2.45) is 11.8 Å². The zero-order valence-corrected chi connectivity index (χ0v) is 12.2. The lowest BCUT2D eigenvalue weighted by atomic mass is 9.84. The maximum atomic E-state index is 12.9. The number of nitrogens with zero attached hydrogens (tertiary/aromatic N) is 1. The molecule has 0 bridgehead atoms. The molecular weight excluding hydrogens is 239 g/mol. The molecule has 1 aromatic carbocycles. The third-order valence-corrected chi connectivity index (χ3v) is 3.53. The predicted molar refractivity (Wildman–Crippen MR) is 76.2 cm³/mol. The van der Waals surface area contributed by atoms with Crippen LogP contribution in [0.4, 0.5) is 4.39 Å². The van der Waals surface area contributed by atoms with E-state index in [1.165, 1.54) is 12.1 Å². The Bertz CT molecular complexity index is 429. The van der Waals surface area contributed by atoms with Gasteiger partial charge in [0, 0.05) is 18.5 Å². The lowest BCUT2D eigenvalue weighted by molar-refractivity contribution is 0.402. The van der Waals surface area contributed by atoms with Crippen LogP contribution in [0.25, 0.3) is 0 Å². The molecule has 0 heterocycles. The summed E-state index contributed by atoms with van der Waals surface area (Å²) in [7, 11) is 0. The highest BCUT2D eigenvalue weighted by Gasteiger charge is 2.21. The Morgan fingerprint density at radius 1 is 1.26 bits per heavy atom. The van der Waals surface area contributed by atoms with Gasteiger partial charge in [0.1, 0.15) is 5.82 Å². The Kier molecular flexibility index (Phi) is 5.50. The first-order chi connectivity index (χ1) is 8.86. The minimum absolute atomic E-state index is 0.0315. The summed E-state index contributed by atoms with van der Waals surface area (Å²) in [5.74, 6) is 0.173. The molecule has 0 saturated heterocycles. The molecule has 0 aliphatic heterocycles. The van der Waals surface area contributed by atoms with Crippen LogP contribution in [0.5, 0.6) is 0 Å². The minimum Gasteiger partial charge on any atom is -0.315 e. The Morgan fingerprint density at radius 2 is 1.84 bits per heavy atom. The summed E-state index contributed by atoms with van der Waals surface area (Å²) in [6.45, 7) is 9.80. The molecule has 19 heavy (non-hydrogen) atoms. The van der Waals surface area contributed by atoms with Crippen LogP contribution in [0, 0.1) is 29.0 Å². The molecule has 0 spiro atoms. The molecule has 2 nitrogen and oxygen atoms in total. The second-order valence-corrected chi connectivity index (χ2v) is 6.00. The number of nitriles is 1. The van der Waals surface area contributed by atoms with Gasteiger partial charge in [0.15, 0.2) is 0 Å². The van der Waals surface area contributed by atoms with E-state index in [-0.39, 0.29) is 17.2 Å². The van der Waals surface area contributed by atoms with Crippen molar-refractivity contribution in [3.8, 4) is 6.07 Å². The van der Waals surface area contributed by atoms with Crippen LogP contribution in [-0.4, -0.2) is 13.1 Å². The van der Waals surface area contributed by atoms with E-state index in [1.54, 1.807) is 0 Å². The quantitative estimate of drug-likeness (QED) is 0.852. The molecular formula is C16H23FN2. The van der Waals surface area contributed by atoms with Crippen molar-refractivity contribution in [1.29, 1.82) is 5.26 Å². The summed E-state index contributed by atoms with van der Waals surface area (Å²) in [5, 5.41) is 12.4. The zero-order valence-electron chi connectivity index (χ0n) is 12.2. The van der Waals surface area contributed by atoms with E-state index in [9.17, 15) is 4.39 Å². The molecule has 1 aromatic rings. The average molecular weight is 262 g/mol. The second kappa shape index (κ2) is 6.68. The van der Waals surface area contributed by atoms with Gasteiger partial charge in [-0.15, -0.1) is 0 Å². The molecule has 1 N–H and O–H groups in total. The van der Waals surface area contributed by atoms with E-state index < -0.39 is 0 Å². The van der Waals surface area contributed by atoms with Crippen LogP contribution in [0.3, 0.4) is 0 Å². The van der Waals surface area contributed by atoms with Crippen molar-refractivity contribution in [2.75, 3.05) is 13.1 Å². The largest absolute Gasteiger partial charge is 0.315 e. The number of rotatable bonds is 6. The molecule has 1 unspecified atom stereocenters. The van der Waals surface area contributed by atoms with Crippen molar-refractivity contribution in [2.45, 2.75) is 33.1 Å². The van der Waals surface area contributed by atoms with Crippen molar-refractivity contribution >= 4 is 0 Å². The lowest BCUT2D eigenvalue weighted by Gasteiger charge is -2.27. The van der Waals surface area contributed by atoms with E-state index >= 15 is 0 Å². The Morgan fingerprint density at radius 3 is 2.32 bits per heavy atom. The molecule has 0 aliphatic rings. The number of halogens is 1. The van der Waals surface area contributed by atoms with Crippen LogP contribution < -0.4 is 5.32 Å². The third kappa shape index (κ3) is 4.65. The summed E-state index contributed by atoms with van der Waals surface area (Å²) in [5.41, 5.74) is 1.02. The Labute approximate surface area is 115 Å². The van der Waals surface area contributed by atoms with Crippen LogP contribution >= 0.6 is 0 Å². The fourth-order valence-corrected chi connectivity index (χ4v) is 1.97. The van der Waals surface area contributed by atoms with Gasteiger partial charge in [-0.25, -0.2) is 4.39 Å². The Balaban J connectivity index is 2.56. The Hall–Kier alpha value is -1.40. The van der Waals surface area contributed by atoms with Crippen molar-refractivity contribution in [1.82, 2.24) is 5.32 Å². The molecule has 0 aliphatic carbocycles. The maximum absolute atomic E-state index is 12.9. The predicted octanol–water partition coefficient (Wildman–Crippen LogP) is 3.49. The normalized spacial score (nSPS) is 13.3. The smallest absolute Gasteiger partial charge is 0.123 e. The summed E-state index contributed by atoms with van der Waals surface area (Å²) in [6.07, 6.45) is 0. The van der Waals surface area contributed by atoms with E-state index in [2.05, 4.69) is 39.1 Å². The molecule has 1 rings (SSSR count). The number of nitrogens with one attached hydrogen (secondary N) is 1. The number of hydrogen-bond donors (Lipinski definition) is 1. The standard InChI is InChI=1S/C16H23FN2/c1-12(2)13(9-18)10-19-11-16(3,4)14-5-7-15(17)8-6-14/h5-8,12-13,19H,10-11H2,1-4H3. The molecule has 0 fully saturated rings. The van der Waals surface area contributed by atoms with Crippen LogP contribution in [-0.2, 0) is 5.41 Å². The van der Waals surface area contributed by atoms with Gasteiger partial charge in [0.25, 0.3) is 0 Å². The molecule has 0 saturated carbocycles. The highest BCUT2D eigenvalue weighted by atomic mass is 19.1. The van der Waals surface area contributed by atoms with Crippen molar-refractivity contribution in [3.63, 3.8) is 0 Å². The summed E-state index contributed by atoms with van der Waals surface area (Å²) in [4.78, 5) is 0. The fraction of sp³-hybridized carbons (Fsp3) is 0.562. The van der Waals surface area contributed by atoms with Crippen LogP contribution in [0.15, 0.2) is 24.3 Å². The van der Waals surface area contributed by atoms with Gasteiger partial charge in [-0.3, -0.25) is 0 Å².